The van der Waals surface area contributed by atoms with Crippen molar-refractivity contribution < 1.29 is 9.53 Å². The Morgan fingerprint density at radius 2 is 2.29 bits per heavy atom. The molecule has 17 heavy (non-hydrogen) atoms. The number of ether oxygens (including phenoxy) is 1. The van der Waals surface area contributed by atoms with Gasteiger partial charge in [-0.3, -0.25) is 4.79 Å². The Balaban J connectivity index is 2.39. The molecule has 0 aliphatic rings. The van der Waals surface area contributed by atoms with E-state index < -0.39 is 0 Å². The summed E-state index contributed by atoms with van der Waals surface area (Å²) in [7, 11) is 1.67. The predicted molar refractivity (Wildman–Crippen MR) is 77.0 cm³/mol. The molecule has 0 unspecified atom stereocenters. The van der Waals surface area contributed by atoms with Crippen molar-refractivity contribution in [2.75, 3.05) is 13.7 Å². The molecule has 0 saturated heterocycles. The lowest BCUT2D eigenvalue weighted by atomic mass is 10.1. The number of carbonyl (C=O) groups is 1. The Bertz CT molecular complexity index is 368. The average molecular weight is 347 g/mol. The van der Waals surface area contributed by atoms with Crippen molar-refractivity contribution in [3.8, 4) is 0 Å². The van der Waals surface area contributed by atoms with Gasteiger partial charge in [0.15, 0.2) is 0 Å². The molecule has 0 aliphatic heterocycles. The zero-order valence-corrected chi connectivity index (χ0v) is 12.4. The number of amides is 1. The standard InChI is InChI=1S/C13H18INO2/c1-10(6-7-17-2)15-13(16)9-11-4-3-5-12(14)8-11/h3-5,8,10H,6-7,9H2,1-2H3,(H,15,16)/t10-/m1/s1. The summed E-state index contributed by atoms with van der Waals surface area (Å²) in [6.07, 6.45) is 1.28. The average Bonchev–Trinajstić information content (AvgIpc) is 2.26. The predicted octanol–water partition coefficient (Wildman–Crippen LogP) is 2.37. The molecule has 0 radical (unpaired) electrons. The molecule has 1 amide bonds. The third-order valence-corrected chi connectivity index (χ3v) is 3.09. The topological polar surface area (TPSA) is 38.3 Å². The van der Waals surface area contributed by atoms with Crippen LogP contribution in [0.2, 0.25) is 0 Å². The van der Waals surface area contributed by atoms with Crippen LogP contribution in [0.1, 0.15) is 18.9 Å². The number of nitrogens with one attached hydrogen (secondary N) is 1. The van der Waals surface area contributed by atoms with E-state index in [1.54, 1.807) is 7.11 Å². The van der Waals surface area contributed by atoms with Gasteiger partial charge < -0.3 is 10.1 Å². The summed E-state index contributed by atoms with van der Waals surface area (Å²) < 4.78 is 6.13. The van der Waals surface area contributed by atoms with Crippen LogP contribution in [0.5, 0.6) is 0 Å². The van der Waals surface area contributed by atoms with Gasteiger partial charge in [0.25, 0.3) is 0 Å². The van der Waals surface area contributed by atoms with Crippen LogP contribution in [0.3, 0.4) is 0 Å². The fourth-order valence-electron chi connectivity index (χ4n) is 1.52. The van der Waals surface area contributed by atoms with Crippen LogP contribution in [0.4, 0.5) is 0 Å². The Labute approximate surface area is 116 Å². The second-order valence-electron chi connectivity index (χ2n) is 4.06. The maximum absolute atomic E-state index is 11.7. The first-order chi connectivity index (χ1) is 8.11. The number of carbonyl (C=O) groups excluding carboxylic acids is 1. The van der Waals surface area contributed by atoms with Gasteiger partial charge >= 0.3 is 0 Å². The molecule has 0 saturated carbocycles. The van der Waals surface area contributed by atoms with Gasteiger partial charge in [0, 0.05) is 23.3 Å². The number of benzene rings is 1. The van der Waals surface area contributed by atoms with E-state index in [4.69, 9.17) is 4.74 Å². The molecule has 1 N–H and O–H groups in total. The van der Waals surface area contributed by atoms with Crippen LogP contribution in [-0.4, -0.2) is 25.7 Å². The van der Waals surface area contributed by atoms with Gasteiger partial charge in [-0.05, 0) is 53.6 Å². The van der Waals surface area contributed by atoms with Crippen LogP contribution in [0.15, 0.2) is 24.3 Å². The maximum Gasteiger partial charge on any atom is 0.224 e. The first-order valence-corrected chi connectivity index (χ1v) is 6.72. The van der Waals surface area contributed by atoms with Crippen molar-refractivity contribution in [1.29, 1.82) is 0 Å². The van der Waals surface area contributed by atoms with E-state index in [0.717, 1.165) is 15.6 Å². The quantitative estimate of drug-likeness (QED) is 0.803. The second-order valence-corrected chi connectivity index (χ2v) is 5.30. The number of hydrogen-bond donors (Lipinski definition) is 1. The van der Waals surface area contributed by atoms with E-state index in [1.807, 2.05) is 31.2 Å². The molecule has 0 aromatic heterocycles. The van der Waals surface area contributed by atoms with Gasteiger partial charge in [0.2, 0.25) is 5.91 Å². The highest BCUT2D eigenvalue weighted by molar-refractivity contribution is 14.1. The fourth-order valence-corrected chi connectivity index (χ4v) is 2.13. The van der Waals surface area contributed by atoms with Gasteiger partial charge in [0.05, 0.1) is 6.42 Å². The summed E-state index contributed by atoms with van der Waals surface area (Å²) in [5, 5.41) is 2.96. The molecule has 1 aromatic rings. The van der Waals surface area contributed by atoms with Crippen molar-refractivity contribution in [2.24, 2.45) is 0 Å². The molecular formula is C13H18INO2. The molecule has 4 heteroatoms. The SMILES string of the molecule is COCC[C@@H](C)NC(=O)Cc1cccc(I)c1. The van der Waals surface area contributed by atoms with E-state index >= 15 is 0 Å². The van der Waals surface area contributed by atoms with E-state index in [9.17, 15) is 4.79 Å². The summed E-state index contributed by atoms with van der Waals surface area (Å²) >= 11 is 2.25. The first-order valence-electron chi connectivity index (χ1n) is 5.64. The molecule has 0 spiro atoms. The minimum atomic E-state index is 0.0654. The molecular weight excluding hydrogens is 329 g/mol. The molecule has 1 aromatic carbocycles. The van der Waals surface area contributed by atoms with Gasteiger partial charge in [-0.1, -0.05) is 12.1 Å². The van der Waals surface area contributed by atoms with Crippen molar-refractivity contribution >= 4 is 28.5 Å². The van der Waals surface area contributed by atoms with E-state index in [1.165, 1.54) is 0 Å². The molecule has 1 atom stereocenters. The van der Waals surface area contributed by atoms with Crippen molar-refractivity contribution in [3.63, 3.8) is 0 Å². The van der Waals surface area contributed by atoms with Crippen molar-refractivity contribution in [3.05, 3.63) is 33.4 Å². The molecule has 0 aliphatic carbocycles. The highest BCUT2D eigenvalue weighted by atomic mass is 127. The minimum absolute atomic E-state index is 0.0654. The summed E-state index contributed by atoms with van der Waals surface area (Å²) in [5.74, 6) is 0.0654. The highest BCUT2D eigenvalue weighted by Crippen LogP contribution is 2.08. The molecule has 0 heterocycles. The van der Waals surface area contributed by atoms with Crippen molar-refractivity contribution in [2.45, 2.75) is 25.8 Å². The summed E-state index contributed by atoms with van der Waals surface area (Å²) in [6.45, 7) is 2.66. The number of rotatable bonds is 6. The smallest absolute Gasteiger partial charge is 0.224 e. The van der Waals surface area contributed by atoms with Gasteiger partial charge in [-0.2, -0.15) is 0 Å². The Kier molecular flexibility index (Phi) is 6.50. The molecule has 3 nitrogen and oxygen atoms in total. The lowest BCUT2D eigenvalue weighted by molar-refractivity contribution is -0.121. The van der Waals surface area contributed by atoms with E-state index in [2.05, 4.69) is 27.9 Å². The third-order valence-electron chi connectivity index (χ3n) is 2.42. The van der Waals surface area contributed by atoms with Crippen LogP contribution in [0, 0.1) is 3.57 Å². The zero-order valence-electron chi connectivity index (χ0n) is 10.2. The maximum atomic E-state index is 11.7. The highest BCUT2D eigenvalue weighted by Gasteiger charge is 2.07. The summed E-state index contributed by atoms with van der Waals surface area (Å²) in [4.78, 5) is 11.7. The Morgan fingerprint density at radius 3 is 2.94 bits per heavy atom. The van der Waals surface area contributed by atoms with Gasteiger partial charge in [0.1, 0.15) is 0 Å². The third kappa shape index (κ3) is 6.02. The molecule has 1 rings (SSSR count). The van der Waals surface area contributed by atoms with E-state index in [0.29, 0.717) is 13.0 Å². The fraction of sp³-hybridized carbons (Fsp3) is 0.462. The zero-order chi connectivity index (χ0) is 12.7. The summed E-state index contributed by atoms with van der Waals surface area (Å²) in [6, 6.07) is 8.15. The Morgan fingerprint density at radius 1 is 1.53 bits per heavy atom. The van der Waals surface area contributed by atoms with Crippen LogP contribution in [0.25, 0.3) is 0 Å². The second kappa shape index (κ2) is 7.66. The minimum Gasteiger partial charge on any atom is -0.385 e. The monoisotopic (exact) mass is 347 g/mol. The van der Waals surface area contributed by atoms with Gasteiger partial charge in [-0.15, -0.1) is 0 Å². The molecule has 0 fully saturated rings. The first kappa shape index (κ1) is 14.4. The van der Waals surface area contributed by atoms with Crippen LogP contribution >= 0.6 is 22.6 Å². The molecule has 0 bridgehead atoms. The Hall–Kier alpha value is -0.620. The van der Waals surface area contributed by atoms with Crippen LogP contribution in [-0.2, 0) is 16.0 Å². The van der Waals surface area contributed by atoms with Gasteiger partial charge in [-0.25, -0.2) is 0 Å². The lowest BCUT2D eigenvalue weighted by Gasteiger charge is -2.13. The largest absolute Gasteiger partial charge is 0.385 e. The lowest BCUT2D eigenvalue weighted by Crippen LogP contribution is -2.34. The van der Waals surface area contributed by atoms with Crippen molar-refractivity contribution in [1.82, 2.24) is 5.32 Å². The van der Waals surface area contributed by atoms with E-state index in [-0.39, 0.29) is 11.9 Å². The number of halogens is 1. The molecule has 94 valence electrons. The number of hydrogen-bond acceptors (Lipinski definition) is 2. The van der Waals surface area contributed by atoms with Crippen LogP contribution < -0.4 is 5.32 Å². The summed E-state index contributed by atoms with van der Waals surface area (Å²) in [5.41, 5.74) is 1.05. The normalized spacial score (nSPS) is 12.2. The number of methoxy groups -OCH3 is 1.